The molecule has 19 heavy (non-hydrogen) atoms. The smallest absolute Gasteiger partial charge is 0.164 e. The van der Waals surface area contributed by atoms with Crippen molar-refractivity contribution >= 4 is 10.8 Å². The third-order valence-corrected chi connectivity index (χ3v) is 2.59. The number of aromatic hydroxyl groups is 2. The summed E-state index contributed by atoms with van der Waals surface area (Å²) < 4.78 is 12.1. The third kappa shape index (κ3) is 3.45. The molecular weight excluding hydrogens is 243 g/mol. The SMILES string of the molecule is Oc1ccc2ccccc2c1.Oc1ccccc1F. The molecule has 0 unspecified atom stereocenters. The maximum atomic E-state index is 12.1. The average molecular weight is 256 g/mol. The van der Waals surface area contributed by atoms with Gasteiger partial charge in [0, 0.05) is 0 Å². The molecule has 0 aliphatic heterocycles. The van der Waals surface area contributed by atoms with Crippen LogP contribution in [0, 0.1) is 5.82 Å². The summed E-state index contributed by atoms with van der Waals surface area (Å²) in [6.45, 7) is 0. The first kappa shape index (κ1) is 12.9. The van der Waals surface area contributed by atoms with E-state index >= 15 is 0 Å². The Morgan fingerprint density at radius 3 is 1.95 bits per heavy atom. The summed E-state index contributed by atoms with van der Waals surface area (Å²) in [4.78, 5) is 0. The Bertz CT molecular complexity index is 659. The molecule has 0 fully saturated rings. The van der Waals surface area contributed by atoms with Gasteiger partial charge in [0.15, 0.2) is 11.6 Å². The van der Waals surface area contributed by atoms with Gasteiger partial charge in [0.1, 0.15) is 5.75 Å². The number of hydrogen-bond donors (Lipinski definition) is 2. The number of fused-ring (bicyclic) bond motifs is 1. The van der Waals surface area contributed by atoms with E-state index in [9.17, 15) is 4.39 Å². The van der Waals surface area contributed by atoms with E-state index in [2.05, 4.69) is 0 Å². The van der Waals surface area contributed by atoms with Gasteiger partial charge in [0.05, 0.1) is 0 Å². The largest absolute Gasteiger partial charge is 0.508 e. The van der Waals surface area contributed by atoms with Crippen LogP contribution < -0.4 is 0 Å². The van der Waals surface area contributed by atoms with Crippen molar-refractivity contribution in [3.63, 3.8) is 0 Å². The molecule has 0 amide bonds. The highest BCUT2D eigenvalue weighted by atomic mass is 19.1. The van der Waals surface area contributed by atoms with E-state index in [0.717, 1.165) is 10.8 Å². The van der Waals surface area contributed by atoms with Gasteiger partial charge in [-0.15, -0.1) is 0 Å². The summed E-state index contributed by atoms with van der Waals surface area (Å²) >= 11 is 0. The van der Waals surface area contributed by atoms with Gasteiger partial charge in [-0.1, -0.05) is 42.5 Å². The molecule has 0 heterocycles. The maximum absolute atomic E-state index is 12.1. The highest BCUT2D eigenvalue weighted by molar-refractivity contribution is 5.83. The van der Waals surface area contributed by atoms with Gasteiger partial charge in [0.25, 0.3) is 0 Å². The Morgan fingerprint density at radius 1 is 0.684 bits per heavy atom. The number of hydrogen-bond acceptors (Lipinski definition) is 2. The minimum Gasteiger partial charge on any atom is -0.508 e. The van der Waals surface area contributed by atoms with Crippen molar-refractivity contribution in [3.05, 3.63) is 72.5 Å². The Balaban J connectivity index is 0.000000148. The lowest BCUT2D eigenvalue weighted by atomic mass is 10.1. The Hall–Kier alpha value is -2.55. The van der Waals surface area contributed by atoms with Crippen molar-refractivity contribution in [2.75, 3.05) is 0 Å². The van der Waals surface area contributed by atoms with Crippen LogP contribution in [0.5, 0.6) is 11.5 Å². The summed E-state index contributed by atoms with van der Waals surface area (Å²) in [5.41, 5.74) is 0. The van der Waals surface area contributed by atoms with Gasteiger partial charge in [-0.3, -0.25) is 0 Å². The molecule has 0 saturated carbocycles. The molecule has 3 aromatic carbocycles. The van der Waals surface area contributed by atoms with E-state index in [0.29, 0.717) is 5.75 Å². The molecule has 3 heteroatoms. The molecule has 0 aliphatic rings. The van der Waals surface area contributed by atoms with Crippen LogP contribution >= 0.6 is 0 Å². The zero-order valence-electron chi connectivity index (χ0n) is 10.1. The van der Waals surface area contributed by atoms with Crippen LogP contribution in [-0.2, 0) is 0 Å². The number of phenols is 2. The molecule has 0 spiro atoms. The Morgan fingerprint density at radius 2 is 1.32 bits per heavy atom. The predicted octanol–water partition coefficient (Wildman–Crippen LogP) is 4.08. The van der Waals surface area contributed by atoms with Crippen LogP contribution in [0.2, 0.25) is 0 Å². The fourth-order valence-electron chi connectivity index (χ4n) is 1.63. The van der Waals surface area contributed by atoms with Crippen LogP contribution in [0.3, 0.4) is 0 Å². The first-order chi connectivity index (χ1) is 9.16. The first-order valence-electron chi connectivity index (χ1n) is 5.78. The Kier molecular flexibility index (Phi) is 3.98. The van der Waals surface area contributed by atoms with Gasteiger partial charge in [0.2, 0.25) is 0 Å². The molecule has 0 radical (unpaired) electrons. The van der Waals surface area contributed by atoms with E-state index in [4.69, 9.17) is 10.2 Å². The molecule has 96 valence electrons. The lowest BCUT2D eigenvalue weighted by molar-refractivity contribution is 0.432. The van der Waals surface area contributed by atoms with Crippen LogP contribution in [0.4, 0.5) is 4.39 Å². The van der Waals surface area contributed by atoms with Gasteiger partial charge < -0.3 is 10.2 Å². The monoisotopic (exact) mass is 256 g/mol. The molecule has 2 N–H and O–H groups in total. The molecule has 3 aromatic rings. The van der Waals surface area contributed by atoms with Crippen molar-refractivity contribution in [1.82, 2.24) is 0 Å². The second-order valence-corrected chi connectivity index (χ2v) is 3.98. The van der Waals surface area contributed by atoms with Crippen LogP contribution in [0.25, 0.3) is 10.8 Å². The van der Waals surface area contributed by atoms with Crippen molar-refractivity contribution in [3.8, 4) is 11.5 Å². The minimum absolute atomic E-state index is 0.299. The Labute approximate surface area is 110 Å². The summed E-state index contributed by atoms with van der Waals surface area (Å²) in [6, 6.07) is 18.9. The topological polar surface area (TPSA) is 40.5 Å². The average Bonchev–Trinajstić information content (AvgIpc) is 2.43. The number of benzene rings is 3. The lowest BCUT2D eigenvalue weighted by Gasteiger charge is -1.96. The maximum Gasteiger partial charge on any atom is 0.164 e. The number of halogens is 1. The summed E-state index contributed by atoms with van der Waals surface area (Å²) in [6.07, 6.45) is 0. The van der Waals surface area contributed by atoms with Crippen molar-refractivity contribution in [1.29, 1.82) is 0 Å². The van der Waals surface area contributed by atoms with E-state index in [-0.39, 0.29) is 5.75 Å². The summed E-state index contributed by atoms with van der Waals surface area (Å²) in [5.74, 6) is -0.552. The van der Waals surface area contributed by atoms with Crippen LogP contribution in [-0.4, -0.2) is 10.2 Å². The van der Waals surface area contributed by atoms with Crippen LogP contribution in [0.15, 0.2) is 66.7 Å². The normalized spacial score (nSPS) is 9.74. The summed E-state index contributed by atoms with van der Waals surface area (Å²) in [5, 5.41) is 19.9. The van der Waals surface area contributed by atoms with E-state index in [1.807, 2.05) is 30.3 Å². The van der Waals surface area contributed by atoms with Crippen molar-refractivity contribution in [2.45, 2.75) is 0 Å². The molecule has 0 saturated heterocycles. The fraction of sp³-hybridized carbons (Fsp3) is 0. The molecule has 0 atom stereocenters. The third-order valence-electron chi connectivity index (χ3n) is 2.59. The highest BCUT2D eigenvalue weighted by Crippen LogP contribution is 2.18. The molecule has 0 bridgehead atoms. The fourth-order valence-corrected chi connectivity index (χ4v) is 1.63. The predicted molar refractivity (Wildman–Crippen MR) is 73.7 cm³/mol. The second kappa shape index (κ2) is 5.87. The second-order valence-electron chi connectivity index (χ2n) is 3.98. The van der Waals surface area contributed by atoms with Crippen LogP contribution in [0.1, 0.15) is 0 Å². The van der Waals surface area contributed by atoms with E-state index < -0.39 is 5.82 Å². The zero-order chi connectivity index (χ0) is 13.7. The number of phenolic OH excluding ortho intramolecular Hbond substituents is 2. The van der Waals surface area contributed by atoms with Gasteiger partial charge in [-0.05, 0) is 35.0 Å². The van der Waals surface area contributed by atoms with Gasteiger partial charge in [-0.25, -0.2) is 4.39 Å². The zero-order valence-corrected chi connectivity index (χ0v) is 10.1. The number of rotatable bonds is 0. The molecule has 3 rings (SSSR count). The number of para-hydroxylation sites is 1. The molecule has 0 aromatic heterocycles. The molecule has 0 aliphatic carbocycles. The quantitative estimate of drug-likeness (QED) is 0.636. The van der Waals surface area contributed by atoms with Crippen molar-refractivity contribution < 1.29 is 14.6 Å². The molecular formula is C16H13FO2. The minimum atomic E-state index is -0.576. The van der Waals surface area contributed by atoms with Crippen molar-refractivity contribution in [2.24, 2.45) is 0 Å². The lowest BCUT2D eigenvalue weighted by Crippen LogP contribution is -1.70. The van der Waals surface area contributed by atoms with Gasteiger partial charge >= 0.3 is 0 Å². The van der Waals surface area contributed by atoms with E-state index in [1.165, 1.54) is 18.2 Å². The standard InChI is InChI=1S/C10H8O.C6H5FO/c11-10-6-5-8-3-1-2-4-9(8)7-10;7-5-3-1-2-4-6(5)8/h1-7,11H;1-4,8H. The van der Waals surface area contributed by atoms with E-state index in [1.54, 1.807) is 18.2 Å². The molecule has 2 nitrogen and oxygen atoms in total. The van der Waals surface area contributed by atoms with Gasteiger partial charge in [-0.2, -0.15) is 0 Å². The summed E-state index contributed by atoms with van der Waals surface area (Å²) in [7, 11) is 0. The highest BCUT2D eigenvalue weighted by Gasteiger charge is 1.92. The first-order valence-corrected chi connectivity index (χ1v) is 5.78.